The summed E-state index contributed by atoms with van der Waals surface area (Å²) in [7, 11) is 1.62. The molecule has 0 bridgehead atoms. The van der Waals surface area contributed by atoms with Crippen molar-refractivity contribution < 1.29 is 14.3 Å². The van der Waals surface area contributed by atoms with Crippen LogP contribution in [0.2, 0.25) is 0 Å². The monoisotopic (exact) mass is 406 g/mol. The van der Waals surface area contributed by atoms with Crippen molar-refractivity contribution in [3.63, 3.8) is 0 Å². The Kier molecular flexibility index (Phi) is 6.93. The van der Waals surface area contributed by atoms with Gasteiger partial charge in [0.1, 0.15) is 5.70 Å². The molecule has 0 spiro atoms. The van der Waals surface area contributed by atoms with Crippen LogP contribution in [0.1, 0.15) is 39.7 Å². The van der Waals surface area contributed by atoms with Crippen LogP contribution in [0.4, 0.5) is 5.69 Å². The fourth-order valence-electron chi connectivity index (χ4n) is 3.36. The van der Waals surface area contributed by atoms with Crippen molar-refractivity contribution in [3.8, 4) is 11.5 Å². The van der Waals surface area contributed by atoms with Gasteiger partial charge in [-0.1, -0.05) is 32.0 Å². The highest BCUT2D eigenvalue weighted by Gasteiger charge is 2.35. The first-order chi connectivity index (χ1) is 14.4. The van der Waals surface area contributed by atoms with Crippen LogP contribution in [-0.2, 0) is 4.79 Å². The van der Waals surface area contributed by atoms with E-state index in [0.29, 0.717) is 29.7 Å². The quantitative estimate of drug-likeness (QED) is 0.563. The van der Waals surface area contributed by atoms with Crippen molar-refractivity contribution in [3.05, 3.63) is 65.4 Å². The van der Waals surface area contributed by atoms with Gasteiger partial charge in [0.15, 0.2) is 11.5 Å². The zero-order chi connectivity index (χ0) is 21.7. The topological polar surface area (TPSA) is 51.1 Å². The van der Waals surface area contributed by atoms with Crippen molar-refractivity contribution in [2.75, 3.05) is 18.6 Å². The number of benzene rings is 2. The standard InChI is InChI=1S/C25H30N2O3/c1-17(2)13-14-30-22-12-11-20(15-23(22)29-5)16-26-24-18(3)19(4)27(25(24)28)21-9-7-6-8-10-21/h6-12,15-17,19H,13-14H2,1-5H3. The predicted molar refractivity (Wildman–Crippen MR) is 122 cm³/mol. The number of ether oxygens (including phenoxy) is 2. The van der Waals surface area contributed by atoms with Gasteiger partial charge in [-0.3, -0.25) is 9.79 Å². The maximum Gasteiger partial charge on any atom is 0.277 e. The summed E-state index contributed by atoms with van der Waals surface area (Å²) in [6.45, 7) is 8.97. The van der Waals surface area contributed by atoms with E-state index in [0.717, 1.165) is 23.2 Å². The van der Waals surface area contributed by atoms with Gasteiger partial charge in [0.25, 0.3) is 5.91 Å². The molecule has 5 heteroatoms. The summed E-state index contributed by atoms with van der Waals surface area (Å²) in [6.07, 6.45) is 2.69. The van der Waals surface area contributed by atoms with Crippen LogP contribution in [0.25, 0.3) is 0 Å². The van der Waals surface area contributed by atoms with E-state index in [1.165, 1.54) is 0 Å². The third kappa shape index (κ3) is 4.73. The van der Waals surface area contributed by atoms with Crippen LogP contribution in [0, 0.1) is 5.92 Å². The minimum Gasteiger partial charge on any atom is -0.493 e. The molecule has 2 aromatic rings. The van der Waals surface area contributed by atoms with Crippen LogP contribution in [0.15, 0.2) is 64.8 Å². The van der Waals surface area contributed by atoms with Gasteiger partial charge in [0, 0.05) is 11.9 Å². The predicted octanol–water partition coefficient (Wildman–Crippen LogP) is 5.25. The number of carbonyl (C=O) groups excluding carboxylic acids is 1. The molecule has 30 heavy (non-hydrogen) atoms. The molecular formula is C25H30N2O3. The third-order valence-electron chi connectivity index (χ3n) is 5.33. The molecule has 1 unspecified atom stereocenters. The van der Waals surface area contributed by atoms with E-state index in [4.69, 9.17) is 9.47 Å². The number of hydrogen-bond acceptors (Lipinski definition) is 4. The average molecular weight is 407 g/mol. The number of nitrogens with zero attached hydrogens (tertiary/aromatic N) is 2. The molecule has 0 saturated carbocycles. The highest BCUT2D eigenvalue weighted by molar-refractivity contribution is 6.10. The molecule has 1 amide bonds. The molecule has 1 aliphatic rings. The number of methoxy groups -OCH3 is 1. The summed E-state index contributed by atoms with van der Waals surface area (Å²) in [6, 6.07) is 15.3. The zero-order valence-electron chi connectivity index (χ0n) is 18.4. The Balaban J connectivity index is 1.77. The van der Waals surface area contributed by atoms with E-state index in [1.54, 1.807) is 18.2 Å². The summed E-state index contributed by atoms with van der Waals surface area (Å²) >= 11 is 0. The van der Waals surface area contributed by atoms with Crippen LogP contribution >= 0.6 is 0 Å². The molecule has 5 nitrogen and oxygen atoms in total. The number of hydrogen-bond donors (Lipinski definition) is 0. The van der Waals surface area contributed by atoms with Crippen molar-refractivity contribution >= 4 is 17.8 Å². The van der Waals surface area contributed by atoms with Gasteiger partial charge in [-0.15, -0.1) is 0 Å². The minimum absolute atomic E-state index is 0.0293. The third-order valence-corrected chi connectivity index (χ3v) is 5.33. The summed E-state index contributed by atoms with van der Waals surface area (Å²) in [5.41, 5.74) is 3.18. The van der Waals surface area contributed by atoms with Gasteiger partial charge in [0.05, 0.1) is 19.8 Å². The van der Waals surface area contributed by atoms with Gasteiger partial charge < -0.3 is 14.4 Å². The van der Waals surface area contributed by atoms with Gasteiger partial charge in [-0.2, -0.15) is 0 Å². The summed E-state index contributed by atoms with van der Waals surface area (Å²) in [5.74, 6) is 1.88. The Morgan fingerprint density at radius 3 is 2.53 bits per heavy atom. The van der Waals surface area contributed by atoms with E-state index >= 15 is 0 Å². The van der Waals surface area contributed by atoms with E-state index in [-0.39, 0.29) is 11.9 Å². The number of aliphatic imine (C=N–C) groups is 1. The van der Waals surface area contributed by atoms with Crippen LogP contribution in [-0.4, -0.2) is 31.9 Å². The van der Waals surface area contributed by atoms with Crippen LogP contribution in [0.3, 0.4) is 0 Å². The second kappa shape index (κ2) is 9.61. The highest BCUT2D eigenvalue weighted by Crippen LogP contribution is 2.32. The molecule has 0 radical (unpaired) electrons. The number of para-hydroxylation sites is 1. The van der Waals surface area contributed by atoms with Gasteiger partial charge in [-0.05, 0) is 67.7 Å². The first kappa shape index (κ1) is 21.6. The van der Waals surface area contributed by atoms with E-state index in [9.17, 15) is 4.79 Å². The Bertz CT molecular complexity index is 948. The molecule has 3 rings (SSSR count). The van der Waals surface area contributed by atoms with Crippen LogP contribution in [0.5, 0.6) is 11.5 Å². The largest absolute Gasteiger partial charge is 0.493 e. The Labute approximate surface area is 179 Å². The molecule has 158 valence electrons. The van der Waals surface area contributed by atoms with Gasteiger partial charge >= 0.3 is 0 Å². The van der Waals surface area contributed by atoms with E-state index in [2.05, 4.69) is 18.8 Å². The normalized spacial score (nSPS) is 16.8. The lowest BCUT2D eigenvalue weighted by molar-refractivity contribution is -0.114. The lowest BCUT2D eigenvalue weighted by Crippen LogP contribution is -2.33. The molecule has 1 aliphatic heterocycles. The first-order valence-electron chi connectivity index (χ1n) is 10.4. The van der Waals surface area contributed by atoms with E-state index in [1.807, 2.05) is 62.4 Å². The first-order valence-corrected chi connectivity index (χ1v) is 10.4. The van der Waals surface area contributed by atoms with Crippen molar-refractivity contribution in [1.29, 1.82) is 0 Å². The fourth-order valence-corrected chi connectivity index (χ4v) is 3.36. The molecule has 0 aromatic heterocycles. The Hall–Kier alpha value is -3.08. The maximum absolute atomic E-state index is 13.0. The number of carbonyl (C=O) groups is 1. The van der Waals surface area contributed by atoms with Crippen molar-refractivity contribution in [1.82, 2.24) is 0 Å². The minimum atomic E-state index is -0.0805. The van der Waals surface area contributed by atoms with E-state index < -0.39 is 0 Å². The second-order valence-corrected chi connectivity index (χ2v) is 7.92. The number of amides is 1. The van der Waals surface area contributed by atoms with Crippen molar-refractivity contribution in [2.24, 2.45) is 10.9 Å². The molecule has 1 heterocycles. The number of rotatable bonds is 8. The molecule has 0 N–H and O–H groups in total. The van der Waals surface area contributed by atoms with Crippen LogP contribution < -0.4 is 14.4 Å². The fraction of sp³-hybridized carbons (Fsp3) is 0.360. The van der Waals surface area contributed by atoms with Crippen molar-refractivity contribution in [2.45, 2.75) is 40.2 Å². The SMILES string of the molecule is COc1cc(C=NC2=C(C)C(C)N(c3ccccc3)C2=O)ccc1OCCC(C)C. The molecule has 0 fully saturated rings. The molecule has 2 aromatic carbocycles. The smallest absolute Gasteiger partial charge is 0.277 e. The average Bonchev–Trinajstić information content (AvgIpc) is 2.95. The van der Waals surface area contributed by atoms with Gasteiger partial charge in [-0.25, -0.2) is 0 Å². The number of anilines is 1. The second-order valence-electron chi connectivity index (χ2n) is 7.92. The molecule has 1 atom stereocenters. The molecule has 0 saturated heterocycles. The summed E-state index contributed by atoms with van der Waals surface area (Å²) in [5, 5.41) is 0. The maximum atomic E-state index is 13.0. The van der Waals surface area contributed by atoms with Gasteiger partial charge in [0.2, 0.25) is 0 Å². The lowest BCUT2D eigenvalue weighted by Gasteiger charge is -2.22. The Morgan fingerprint density at radius 2 is 1.87 bits per heavy atom. The zero-order valence-corrected chi connectivity index (χ0v) is 18.4. The molecular weight excluding hydrogens is 376 g/mol. The summed E-state index contributed by atoms with van der Waals surface area (Å²) in [4.78, 5) is 19.3. The summed E-state index contributed by atoms with van der Waals surface area (Å²) < 4.78 is 11.3. The molecule has 0 aliphatic carbocycles. The Morgan fingerprint density at radius 1 is 1.13 bits per heavy atom. The lowest BCUT2D eigenvalue weighted by atomic mass is 10.1. The highest BCUT2D eigenvalue weighted by atomic mass is 16.5.